The summed E-state index contributed by atoms with van der Waals surface area (Å²) in [5, 5.41) is 3.89. The fourth-order valence-electron chi connectivity index (χ4n) is 4.25. The first-order chi connectivity index (χ1) is 13.8. The van der Waals surface area contributed by atoms with E-state index in [1.54, 1.807) is 11.3 Å². The van der Waals surface area contributed by atoms with Crippen LogP contribution in [0.15, 0.2) is 30.4 Å². The number of aromatic nitrogens is 1. The molecule has 2 heterocycles. The van der Waals surface area contributed by atoms with Crippen molar-refractivity contribution in [2.24, 2.45) is 17.8 Å². The Morgan fingerprint density at radius 3 is 2.48 bits per heavy atom. The molecule has 2 aliphatic rings. The highest BCUT2D eigenvalue weighted by Crippen LogP contribution is 2.37. The number of aryl methyl sites for hydroxylation is 1. The van der Waals surface area contributed by atoms with Gasteiger partial charge in [-0.25, -0.2) is 4.98 Å². The molecule has 6 nitrogen and oxygen atoms in total. The van der Waals surface area contributed by atoms with Crippen molar-refractivity contribution in [3.63, 3.8) is 0 Å². The maximum atomic E-state index is 13.2. The third-order valence-electron chi connectivity index (χ3n) is 5.61. The fourth-order valence-corrected chi connectivity index (χ4v) is 5.12. The number of hydrogen-bond acceptors (Lipinski definition) is 5. The monoisotopic (exact) mass is 411 g/mol. The molecule has 152 valence electrons. The molecule has 7 heteroatoms. The number of benzene rings is 1. The van der Waals surface area contributed by atoms with E-state index in [4.69, 9.17) is 0 Å². The number of allylic oxidation sites excluding steroid dienone is 2. The van der Waals surface area contributed by atoms with Gasteiger partial charge in [0.1, 0.15) is 6.04 Å². The van der Waals surface area contributed by atoms with E-state index >= 15 is 0 Å². The molecule has 1 aliphatic heterocycles. The van der Waals surface area contributed by atoms with Crippen molar-refractivity contribution < 1.29 is 14.4 Å². The summed E-state index contributed by atoms with van der Waals surface area (Å²) < 4.78 is 0.992. The van der Waals surface area contributed by atoms with E-state index < -0.39 is 6.04 Å². The van der Waals surface area contributed by atoms with Crippen LogP contribution < -0.4 is 5.32 Å². The average molecular weight is 412 g/mol. The lowest BCUT2D eigenvalue weighted by molar-refractivity contribution is -0.147. The summed E-state index contributed by atoms with van der Waals surface area (Å²) >= 11 is 1.56. The number of nitrogens with zero attached hydrogens (tertiary/aromatic N) is 2. The van der Waals surface area contributed by atoms with Crippen LogP contribution in [0, 0.1) is 24.7 Å². The van der Waals surface area contributed by atoms with Crippen molar-refractivity contribution in [3.8, 4) is 0 Å². The summed E-state index contributed by atoms with van der Waals surface area (Å²) in [4.78, 5) is 44.9. The van der Waals surface area contributed by atoms with Gasteiger partial charge in [0, 0.05) is 5.69 Å². The second-order valence-electron chi connectivity index (χ2n) is 8.25. The molecule has 0 saturated carbocycles. The number of rotatable bonds is 5. The van der Waals surface area contributed by atoms with Gasteiger partial charge < -0.3 is 5.32 Å². The Kier molecular flexibility index (Phi) is 5.25. The third-order valence-corrected chi connectivity index (χ3v) is 6.55. The molecule has 3 amide bonds. The molecular weight excluding hydrogens is 386 g/mol. The highest BCUT2D eigenvalue weighted by atomic mass is 32.1. The van der Waals surface area contributed by atoms with Crippen LogP contribution in [-0.2, 0) is 14.4 Å². The van der Waals surface area contributed by atoms with Gasteiger partial charge in [-0.1, -0.05) is 26.0 Å². The molecule has 0 radical (unpaired) electrons. The van der Waals surface area contributed by atoms with Crippen molar-refractivity contribution in [2.75, 3.05) is 5.32 Å². The smallest absolute Gasteiger partial charge is 0.247 e. The van der Waals surface area contributed by atoms with E-state index in [0.717, 1.165) is 15.2 Å². The molecule has 0 bridgehead atoms. The van der Waals surface area contributed by atoms with E-state index in [0.29, 0.717) is 24.9 Å². The zero-order valence-corrected chi connectivity index (χ0v) is 17.7. The van der Waals surface area contributed by atoms with E-state index in [-0.39, 0.29) is 35.5 Å². The lowest BCUT2D eigenvalue weighted by atomic mass is 9.85. The molecular formula is C22H25N3O3S. The van der Waals surface area contributed by atoms with Gasteiger partial charge in [-0.15, -0.1) is 11.3 Å². The predicted octanol–water partition coefficient (Wildman–Crippen LogP) is 3.91. The minimum atomic E-state index is -0.792. The van der Waals surface area contributed by atoms with Crippen LogP contribution in [0.5, 0.6) is 0 Å². The first-order valence-corrected chi connectivity index (χ1v) is 10.9. The number of amides is 3. The predicted molar refractivity (Wildman–Crippen MR) is 113 cm³/mol. The summed E-state index contributed by atoms with van der Waals surface area (Å²) in [5.41, 5.74) is 1.55. The van der Waals surface area contributed by atoms with E-state index in [9.17, 15) is 14.4 Å². The lowest BCUT2D eigenvalue weighted by Gasteiger charge is -2.27. The quantitative estimate of drug-likeness (QED) is 0.598. The molecule has 2 aromatic rings. The van der Waals surface area contributed by atoms with Crippen LogP contribution in [0.4, 0.5) is 5.69 Å². The Labute approximate surface area is 174 Å². The molecule has 4 rings (SSSR count). The van der Waals surface area contributed by atoms with Gasteiger partial charge in [0.05, 0.1) is 27.1 Å². The van der Waals surface area contributed by atoms with Crippen molar-refractivity contribution in [2.45, 2.75) is 46.1 Å². The molecule has 1 aromatic heterocycles. The molecule has 1 saturated heterocycles. The summed E-state index contributed by atoms with van der Waals surface area (Å²) in [6, 6.07) is 4.78. The Balaban J connectivity index is 1.59. The van der Waals surface area contributed by atoms with Gasteiger partial charge in [-0.3, -0.25) is 19.3 Å². The number of hydrogen-bond donors (Lipinski definition) is 1. The number of carbonyl (C=O) groups is 3. The number of fused-ring (bicyclic) bond motifs is 2. The Bertz CT molecular complexity index is 984. The average Bonchev–Trinajstić information content (AvgIpc) is 3.16. The van der Waals surface area contributed by atoms with Gasteiger partial charge >= 0.3 is 0 Å². The van der Waals surface area contributed by atoms with Crippen molar-refractivity contribution in [1.82, 2.24) is 9.88 Å². The number of imide groups is 1. The maximum absolute atomic E-state index is 13.2. The molecule has 29 heavy (non-hydrogen) atoms. The number of thiazole rings is 1. The van der Waals surface area contributed by atoms with Gasteiger partial charge in [-0.2, -0.15) is 0 Å². The number of anilines is 1. The van der Waals surface area contributed by atoms with Gasteiger partial charge in [0.15, 0.2) is 0 Å². The van der Waals surface area contributed by atoms with E-state index in [1.807, 2.05) is 51.1 Å². The highest BCUT2D eigenvalue weighted by Gasteiger charge is 2.51. The summed E-state index contributed by atoms with van der Waals surface area (Å²) in [6.45, 7) is 5.93. The Morgan fingerprint density at radius 2 is 1.86 bits per heavy atom. The minimum Gasteiger partial charge on any atom is -0.324 e. The van der Waals surface area contributed by atoms with Gasteiger partial charge in [0.2, 0.25) is 17.7 Å². The number of likely N-dealkylation sites (tertiary alicyclic amines) is 1. The molecule has 1 N–H and O–H groups in total. The van der Waals surface area contributed by atoms with Gasteiger partial charge in [0.25, 0.3) is 0 Å². The van der Waals surface area contributed by atoms with Crippen LogP contribution in [0.1, 0.15) is 38.1 Å². The van der Waals surface area contributed by atoms with Crippen LogP contribution in [0.25, 0.3) is 10.2 Å². The van der Waals surface area contributed by atoms with Crippen LogP contribution >= 0.6 is 11.3 Å². The third kappa shape index (κ3) is 3.71. The Hall–Kier alpha value is -2.54. The first kappa shape index (κ1) is 19.8. The van der Waals surface area contributed by atoms with Crippen LogP contribution in [0.2, 0.25) is 0 Å². The first-order valence-electron chi connectivity index (χ1n) is 10.0. The standard InChI is InChI=1S/C22H25N3O3S/c1-12(2)10-18(25-21(27)15-6-4-5-7-16(15)22(25)28)20(26)24-14-8-9-17-19(11-14)29-13(3)23-17/h4-5,8-9,11-12,15-16,18H,6-7,10H2,1-3H3,(H,24,26)/t15-,16+,18-/m0/s1. The largest absolute Gasteiger partial charge is 0.324 e. The second kappa shape index (κ2) is 7.71. The van der Waals surface area contributed by atoms with Gasteiger partial charge in [-0.05, 0) is 50.3 Å². The SMILES string of the molecule is Cc1nc2ccc(NC(=O)[C@H](CC(C)C)N3C(=O)[C@H]4CC=CC[C@H]4C3=O)cc2s1. The topological polar surface area (TPSA) is 79.4 Å². The minimum absolute atomic E-state index is 0.165. The molecule has 0 spiro atoms. The zero-order valence-electron chi connectivity index (χ0n) is 16.8. The lowest BCUT2D eigenvalue weighted by Crippen LogP contribution is -2.48. The van der Waals surface area contributed by atoms with E-state index in [2.05, 4.69) is 10.3 Å². The fraction of sp³-hybridized carbons (Fsp3) is 0.455. The second-order valence-corrected chi connectivity index (χ2v) is 9.49. The maximum Gasteiger partial charge on any atom is 0.247 e. The van der Waals surface area contributed by atoms with Crippen molar-refractivity contribution in [3.05, 3.63) is 35.4 Å². The Morgan fingerprint density at radius 1 is 1.21 bits per heavy atom. The number of carbonyl (C=O) groups excluding carboxylic acids is 3. The zero-order chi connectivity index (χ0) is 20.7. The number of nitrogens with one attached hydrogen (secondary N) is 1. The van der Waals surface area contributed by atoms with Crippen molar-refractivity contribution in [1.29, 1.82) is 0 Å². The molecule has 0 unspecified atom stereocenters. The highest BCUT2D eigenvalue weighted by molar-refractivity contribution is 7.18. The van der Waals surface area contributed by atoms with E-state index in [1.165, 1.54) is 4.90 Å². The molecule has 1 aliphatic carbocycles. The summed E-state index contributed by atoms with van der Waals surface area (Å²) in [7, 11) is 0. The van der Waals surface area contributed by atoms with Crippen molar-refractivity contribution >= 4 is 45.0 Å². The van der Waals surface area contributed by atoms with Crippen LogP contribution in [-0.4, -0.2) is 33.6 Å². The molecule has 1 aromatic carbocycles. The molecule has 1 fully saturated rings. The molecule has 3 atom stereocenters. The van der Waals surface area contributed by atoms with Crippen LogP contribution in [0.3, 0.4) is 0 Å². The summed E-state index contributed by atoms with van der Waals surface area (Å²) in [6.07, 6.45) is 5.50. The normalized spacial score (nSPS) is 22.4. The summed E-state index contributed by atoms with van der Waals surface area (Å²) in [5.74, 6) is -1.22.